The van der Waals surface area contributed by atoms with Crippen LogP contribution in [0.4, 0.5) is 8.78 Å². The number of morpholine rings is 1. The molecule has 2 aromatic rings. The Bertz CT molecular complexity index is 756. The highest BCUT2D eigenvalue weighted by Crippen LogP contribution is 2.22. The summed E-state index contributed by atoms with van der Waals surface area (Å²) in [5.41, 5.74) is 1.96. The number of hydrogen-bond donors (Lipinski definition) is 0. The first kappa shape index (κ1) is 20.2. The van der Waals surface area contributed by atoms with Crippen LogP contribution in [0.3, 0.4) is 0 Å². The quantitative estimate of drug-likeness (QED) is 0.727. The number of carbonyl (C=O) groups is 1. The van der Waals surface area contributed by atoms with Crippen molar-refractivity contribution in [3.63, 3.8) is 0 Å². The van der Waals surface area contributed by atoms with E-state index in [1.165, 1.54) is 12.1 Å². The van der Waals surface area contributed by atoms with Crippen molar-refractivity contribution in [3.05, 3.63) is 65.7 Å². The Labute approximate surface area is 163 Å². The van der Waals surface area contributed by atoms with Gasteiger partial charge in [-0.2, -0.15) is 8.78 Å². The number of carbonyl (C=O) groups excluding carboxylic acids is 1. The molecule has 1 aliphatic rings. The van der Waals surface area contributed by atoms with Gasteiger partial charge in [0.2, 0.25) is 5.91 Å². The molecule has 0 saturated carbocycles. The molecule has 1 atom stereocenters. The summed E-state index contributed by atoms with van der Waals surface area (Å²) in [5.74, 6) is 0.106. The third-order valence-electron chi connectivity index (χ3n) is 4.67. The van der Waals surface area contributed by atoms with E-state index in [0.717, 1.165) is 11.1 Å². The maximum atomic E-state index is 12.6. The van der Waals surface area contributed by atoms with E-state index in [4.69, 9.17) is 4.74 Å². The van der Waals surface area contributed by atoms with Crippen molar-refractivity contribution in [1.29, 1.82) is 0 Å². The van der Waals surface area contributed by atoms with Gasteiger partial charge in [-0.05, 0) is 23.3 Å². The first-order valence-electron chi connectivity index (χ1n) is 9.18. The van der Waals surface area contributed by atoms with Crippen molar-refractivity contribution in [2.45, 2.75) is 19.3 Å². The lowest BCUT2D eigenvalue weighted by Crippen LogP contribution is -2.44. The summed E-state index contributed by atoms with van der Waals surface area (Å²) in [7, 11) is 1.74. The van der Waals surface area contributed by atoms with Crippen LogP contribution in [0.1, 0.15) is 17.2 Å². The molecule has 1 aliphatic heterocycles. The second kappa shape index (κ2) is 9.61. The topological polar surface area (TPSA) is 42.0 Å². The second-order valence-electron chi connectivity index (χ2n) is 6.78. The Balaban J connectivity index is 1.51. The number of amides is 1. The molecule has 5 nitrogen and oxygen atoms in total. The van der Waals surface area contributed by atoms with E-state index >= 15 is 0 Å². The summed E-state index contributed by atoms with van der Waals surface area (Å²) >= 11 is 0. The predicted molar refractivity (Wildman–Crippen MR) is 101 cm³/mol. The largest absolute Gasteiger partial charge is 0.435 e. The van der Waals surface area contributed by atoms with Crippen molar-refractivity contribution in [2.24, 2.45) is 0 Å². The van der Waals surface area contributed by atoms with E-state index in [2.05, 4.69) is 9.64 Å². The van der Waals surface area contributed by atoms with Crippen LogP contribution in [0.2, 0.25) is 0 Å². The number of ether oxygens (including phenoxy) is 2. The molecule has 7 heteroatoms. The second-order valence-corrected chi connectivity index (χ2v) is 6.78. The number of hydrogen-bond acceptors (Lipinski definition) is 4. The normalized spacial score (nSPS) is 17.5. The van der Waals surface area contributed by atoms with Gasteiger partial charge in [0.25, 0.3) is 0 Å². The maximum Gasteiger partial charge on any atom is 0.387 e. The molecule has 1 unspecified atom stereocenters. The summed E-state index contributed by atoms with van der Waals surface area (Å²) in [6.45, 7) is -0.160. The van der Waals surface area contributed by atoms with Crippen LogP contribution in [0.15, 0.2) is 54.6 Å². The zero-order valence-corrected chi connectivity index (χ0v) is 15.8. The molecule has 0 aromatic heterocycles. The van der Waals surface area contributed by atoms with Crippen molar-refractivity contribution in [3.8, 4) is 5.75 Å². The Morgan fingerprint density at radius 2 is 1.93 bits per heavy atom. The van der Waals surface area contributed by atoms with E-state index in [9.17, 15) is 13.6 Å². The number of alkyl halides is 2. The average Bonchev–Trinajstić information content (AvgIpc) is 2.70. The van der Waals surface area contributed by atoms with Crippen LogP contribution in [-0.2, 0) is 16.1 Å². The summed E-state index contributed by atoms with van der Waals surface area (Å²) < 4.78 is 34.6. The van der Waals surface area contributed by atoms with Crippen LogP contribution in [-0.4, -0.2) is 55.6 Å². The number of rotatable bonds is 7. The van der Waals surface area contributed by atoms with E-state index < -0.39 is 6.61 Å². The third kappa shape index (κ3) is 5.74. The van der Waals surface area contributed by atoms with E-state index in [1.54, 1.807) is 24.1 Å². The minimum Gasteiger partial charge on any atom is -0.435 e. The van der Waals surface area contributed by atoms with Gasteiger partial charge in [-0.15, -0.1) is 0 Å². The molecule has 0 N–H and O–H groups in total. The molecule has 150 valence electrons. The highest BCUT2D eigenvalue weighted by atomic mass is 19.3. The van der Waals surface area contributed by atoms with Gasteiger partial charge in [0.1, 0.15) is 5.75 Å². The highest BCUT2D eigenvalue weighted by molar-refractivity contribution is 5.78. The van der Waals surface area contributed by atoms with E-state index in [1.807, 2.05) is 30.3 Å². The average molecular weight is 390 g/mol. The molecule has 1 fully saturated rings. The van der Waals surface area contributed by atoms with E-state index in [0.29, 0.717) is 32.8 Å². The molecule has 0 bridgehead atoms. The standard InChI is InChI=1S/C21H24F2N2O3/c1-24(13-16-7-9-18(10-8-16)28-21(22)23)20(26)15-25-11-12-27-19(14-25)17-5-3-2-4-6-17/h2-10,19,21H,11-15H2,1H3. The Morgan fingerprint density at radius 3 is 2.61 bits per heavy atom. The molecular weight excluding hydrogens is 366 g/mol. The lowest BCUT2D eigenvalue weighted by atomic mass is 10.1. The minimum absolute atomic E-state index is 0.00150. The molecule has 3 rings (SSSR count). The molecule has 0 aliphatic carbocycles. The van der Waals surface area contributed by atoms with Crippen LogP contribution in [0.5, 0.6) is 5.75 Å². The first-order valence-corrected chi connectivity index (χ1v) is 9.18. The fraction of sp³-hybridized carbons (Fsp3) is 0.381. The van der Waals surface area contributed by atoms with Gasteiger partial charge in [0.05, 0.1) is 19.3 Å². The zero-order chi connectivity index (χ0) is 19.9. The molecular formula is C21H24F2N2O3. The van der Waals surface area contributed by atoms with Crippen molar-refractivity contribution in [2.75, 3.05) is 33.3 Å². The molecule has 28 heavy (non-hydrogen) atoms. The molecule has 0 spiro atoms. The molecule has 1 heterocycles. The van der Waals surface area contributed by atoms with Gasteiger partial charge in [0, 0.05) is 26.7 Å². The zero-order valence-electron chi connectivity index (χ0n) is 15.8. The Kier molecular flexibility index (Phi) is 6.95. The van der Waals surface area contributed by atoms with Crippen LogP contribution >= 0.6 is 0 Å². The summed E-state index contributed by atoms with van der Waals surface area (Å²) in [6, 6.07) is 16.3. The van der Waals surface area contributed by atoms with Crippen LogP contribution in [0, 0.1) is 0 Å². The molecule has 1 amide bonds. The fourth-order valence-electron chi connectivity index (χ4n) is 3.17. The molecule has 1 saturated heterocycles. The predicted octanol–water partition coefficient (Wildman–Crippen LogP) is 3.32. The highest BCUT2D eigenvalue weighted by Gasteiger charge is 2.24. The Hall–Kier alpha value is -2.51. The number of halogens is 2. The lowest BCUT2D eigenvalue weighted by Gasteiger charge is -2.33. The van der Waals surface area contributed by atoms with Gasteiger partial charge < -0.3 is 14.4 Å². The number of benzene rings is 2. The summed E-state index contributed by atoms with van der Waals surface area (Å²) in [4.78, 5) is 16.3. The van der Waals surface area contributed by atoms with Crippen molar-refractivity contribution in [1.82, 2.24) is 9.80 Å². The maximum absolute atomic E-state index is 12.6. The fourth-order valence-corrected chi connectivity index (χ4v) is 3.17. The van der Waals surface area contributed by atoms with Gasteiger partial charge in [-0.25, -0.2) is 0 Å². The van der Waals surface area contributed by atoms with Gasteiger partial charge in [0.15, 0.2) is 0 Å². The van der Waals surface area contributed by atoms with Gasteiger partial charge in [-0.1, -0.05) is 42.5 Å². The van der Waals surface area contributed by atoms with Crippen molar-refractivity contribution >= 4 is 5.91 Å². The van der Waals surface area contributed by atoms with E-state index in [-0.39, 0.29) is 17.8 Å². The smallest absolute Gasteiger partial charge is 0.387 e. The first-order chi connectivity index (χ1) is 13.5. The SMILES string of the molecule is CN(Cc1ccc(OC(F)F)cc1)C(=O)CN1CCOC(c2ccccc2)C1. The van der Waals surface area contributed by atoms with Gasteiger partial charge in [-0.3, -0.25) is 9.69 Å². The van der Waals surface area contributed by atoms with Gasteiger partial charge >= 0.3 is 6.61 Å². The minimum atomic E-state index is -2.84. The Morgan fingerprint density at radius 1 is 1.21 bits per heavy atom. The number of likely N-dealkylation sites (N-methyl/N-ethyl adjacent to an activating group) is 1. The van der Waals surface area contributed by atoms with Crippen molar-refractivity contribution < 1.29 is 23.0 Å². The monoisotopic (exact) mass is 390 g/mol. The number of nitrogens with zero attached hydrogens (tertiary/aromatic N) is 2. The lowest BCUT2D eigenvalue weighted by molar-refractivity contribution is -0.133. The third-order valence-corrected chi connectivity index (χ3v) is 4.67. The van der Waals surface area contributed by atoms with Crippen LogP contribution < -0.4 is 4.74 Å². The molecule has 2 aromatic carbocycles. The summed E-state index contributed by atoms with van der Waals surface area (Å²) in [6.07, 6.45) is -0.0320. The van der Waals surface area contributed by atoms with Crippen LogP contribution in [0.25, 0.3) is 0 Å². The summed E-state index contributed by atoms with van der Waals surface area (Å²) in [5, 5.41) is 0. The molecule has 0 radical (unpaired) electrons.